The van der Waals surface area contributed by atoms with Crippen LogP contribution < -0.4 is 24.0 Å². The molecule has 12 heavy (non-hydrogen) atoms. The largest absolute Gasteiger partial charge is 1.00 e. The fourth-order valence-electron chi connectivity index (χ4n) is 1.08. The van der Waals surface area contributed by atoms with Crippen LogP contribution in [0.4, 0.5) is 0 Å². The van der Waals surface area contributed by atoms with Gasteiger partial charge in [-0.2, -0.15) is 0 Å². The molecule has 0 N–H and O–H groups in total. The van der Waals surface area contributed by atoms with E-state index in [0.29, 0.717) is 0 Å². The van der Waals surface area contributed by atoms with Gasteiger partial charge in [0.15, 0.2) is 0 Å². The Morgan fingerprint density at radius 2 is 1.75 bits per heavy atom. The third-order valence-corrected chi connectivity index (χ3v) is 2.89. The number of hydrogen-bond donors (Lipinski definition) is 0. The predicted molar refractivity (Wildman–Crippen MR) is 44.3 cm³/mol. The zero-order chi connectivity index (χ0) is 8.10. The maximum absolute atomic E-state index is 2.24. The van der Waals surface area contributed by atoms with Gasteiger partial charge in [0.1, 0.15) is 0 Å². The van der Waals surface area contributed by atoms with Crippen LogP contribution in [0.3, 0.4) is 0 Å². The monoisotopic (exact) mass is 324 g/mol. The van der Waals surface area contributed by atoms with Gasteiger partial charge >= 0.3 is 78.5 Å². The molecule has 1 aromatic carbocycles. The van der Waals surface area contributed by atoms with Gasteiger partial charge in [-0.05, 0) is 0 Å². The van der Waals surface area contributed by atoms with Crippen LogP contribution in [0.2, 0.25) is 5.02 Å². The van der Waals surface area contributed by atoms with E-state index in [1.54, 1.807) is 0 Å². The quantitative estimate of drug-likeness (QED) is 0.538. The van der Waals surface area contributed by atoms with Crippen molar-refractivity contribution < 1.29 is 42.3 Å². The van der Waals surface area contributed by atoms with Crippen molar-refractivity contribution in [3.63, 3.8) is 0 Å². The molecule has 0 aliphatic heterocycles. The van der Waals surface area contributed by atoms with E-state index in [2.05, 4.69) is 31.2 Å². The molecule has 0 aliphatic rings. The smallest absolute Gasteiger partial charge is 1.00 e. The van der Waals surface area contributed by atoms with Gasteiger partial charge in [0.2, 0.25) is 0 Å². The topological polar surface area (TPSA) is 0 Å². The molecule has 0 spiro atoms. The second kappa shape index (κ2) is 7.02. The van der Waals surface area contributed by atoms with Crippen molar-refractivity contribution in [3.8, 4) is 0 Å². The maximum Gasteiger partial charge on any atom is -1.00 e. The standard InChI is InChI=1S/C10H13.HI.Zn/c1-3-4-10-7-5-9(2)6-8-10;;/h5-8H,1,3-4H2,2H3;1H;/q;;+1/p-1. The molecular formula is C10H13IZn. The molecule has 1 rings (SSSR count). The zero-order valence-electron chi connectivity index (χ0n) is 7.52. The summed E-state index contributed by atoms with van der Waals surface area (Å²) in [5, 5.41) is 1.41. The van der Waals surface area contributed by atoms with Gasteiger partial charge in [0.25, 0.3) is 0 Å². The minimum atomic E-state index is 0. The zero-order valence-corrected chi connectivity index (χ0v) is 12.6. The molecule has 0 radical (unpaired) electrons. The third-order valence-electron chi connectivity index (χ3n) is 1.84. The normalized spacial score (nSPS) is 9.25. The van der Waals surface area contributed by atoms with Crippen LogP contribution in [-0.2, 0) is 24.7 Å². The number of halogens is 1. The third kappa shape index (κ3) is 4.56. The molecule has 0 aliphatic carbocycles. The van der Waals surface area contributed by atoms with Gasteiger partial charge in [-0.1, -0.05) is 0 Å². The average molecular weight is 326 g/mol. The van der Waals surface area contributed by atoms with Gasteiger partial charge in [-0.3, -0.25) is 0 Å². The maximum atomic E-state index is 2.24. The summed E-state index contributed by atoms with van der Waals surface area (Å²) in [6.45, 7) is 2.13. The van der Waals surface area contributed by atoms with E-state index in [-0.39, 0.29) is 24.0 Å². The van der Waals surface area contributed by atoms with Crippen LogP contribution in [0, 0.1) is 6.92 Å². The first-order valence-electron chi connectivity index (χ1n) is 4.17. The first kappa shape index (κ1) is 12.6. The van der Waals surface area contributed by atoms with Crippen molar-refractivity contribution in [1.82, 2.24) is 0 Å². The molecular weight excluding hydrogens is 312 g/mol. The summed E-state index contributed by atoms with van der Waals surface area (Å²) < 4.78 is 0. The van der Waals surface area contributed by atoms with Crippen LogP contribution in [0.15, 0.2) is 24.3 Å². The summed E-state index contributed by atoms with van der Waals surface area (Å²) >= 11 is 1.44. The Labute approximate surface area is 102 Å². The summed E-state index contributed by atoms with van der Waals surface area (Å²) in [4.78, 5) is 0. The Hall–Kier alpha value is 0.573. The van der Waals surface area contributed by atoms with E-state index in [4.69, 9.17) is 0 Å². The SMILES string of the molecule is Cc1ccc(CC[CH2][Zn+])cc1.[I-]. The van der Waals surface area contributed by atoms with E-state index in [1.807, 2.05) is 0 Å². The van der Waals surface area contributed by atoms with Crippen LogP contribution >= 0.6 is 0 Å². The molecule has 0 bridgehead atoms. The van der Waals surface area contributed by atoms with E-state index >= 15 is 0 Å². The van der Waals surface area contributed by atoms with Crippen molar-refractivity contribution in [2.45, 2.75) is 24.8 Å². The van der Waals surface area contributed by atoms with Gasteiger partial charge in [-0.25, -0.2) is 0 Å². The van der Waals surface area contributed by atoms with Crippen LogP contribution in [0.5, 0.6) is 0 Å². The van der Waals surface area contributed by atoms with E-state index in [0.717, 1.165) is 0 Å². The van der Waals surface area contributed by atoms with Crippen molar-refractivity contribution in [1.29, 1.82) is 0 Å². The average Bonchev–Trinajstić information content (AvgIpc) is 2.04. The molecule has 2 heteroatoms. The molecule has 0 heterocycles. The minimum absolute atomic E-state index is 0. The molecule has 0 amide bonds. The Kier molecular flexibility index (Phi) is 7.36. The second-order valence-electron chi connectivity index (χ2n) is 2.94. The van der Waals surface area contributed by atoms with Crippen LogP contribution in [0.25, 0.3) is 0 Å². The van der Waals surface area contributed by atoms with E-state index in [9.17, 15) is 0 Å². The second-order valence-corrected chi connectivity index (χ2v) is 4.43. The molecule has 0 nitrogen and oxygen atoms in total. The van der Waals surface area contributed by atoms with Crippen molar-refractivity contribution in [2.75, 3.05) is 0 Å². The Balaban J connectivity index is 0.00000121. The van der Waals surface area contributed by atoms with E-state index < -0.39 is 0 Å². The van der Waals surface area contributed by atoms with Crippen molar-refractivity contribution >= 4 is 0 Å². The molecule has 0 fully saturated rings. The van der Waals surface area contributed by atoms with Crippen molar-refractivity contribution in [3.05, 3.63) is 35.4 Å². The van der Waals surface area contributed by atoms with E-state index in [1.165, 1.54) is 47.3 Å². The number of aryl methyl sites for hydroxylation is 2. The predicted octanol–water partition coefficient (Wildman–Crippen LogP) is -0.103. The fourth-order valence-corrected chi connectivity index (χ4v) is 1.61. The molecule has 1 aromatic rings. The Morgan fingerprint density at radius 3 is 2.25 bits per heavy atom. The number of benzene rings is 1. The Bertz CT molecular complexity index is 206. The summed E-state index contributed by atoms with van der Waals surface area (Å²) in [6.07, 6.45) is 2.63. The molecule has 0 saturated heterocycles. The molecule has 62 valence electrons. The number of hydrogen-bond acceptors (Lipinski definition) is 0. The van der Waals surface area contributed by atoms with Gasteiger partial charge in [-0.15, -0.1) is 0 Å². The molecule has 0 unspecified atom stereocenters. The Morgan fingerprint density at radius 1 is 1.17 bits per heavy atom. The summed E-state index contributed by atoms with van der Waals surface area (Å²) in [5.41, 5.74) is 2.85. The van der Waals surface area contributed by atoms with Crippen LogP contribution in [-0.4, -0.2) is 0 Å². The molecule has 0 saturated carbocycles. The van der Waals surface area contributed by atoms with Crippen molar-refractivity contribution in [2.24, 2.45) is 0 Å². The van der Waals surface area contributed by atoms with Gasteiger partial charge in [0.05, 0.1) is 0 Å². The molecule has 0 aromatic heterocycles. The minimum Gasteiger partial charge on any atom is -1.00 e. The van der Waals surface area contributed by atoms with Crippen LogP contribution in [0.1, 0.15) is 17.5 Å². The van der Waals surface area contributed by atoms with Gasteiger partial charge < -0.3 is 24.0 Å². The summed E-state index contributed by atoms with van der Waals surface area (Å²) in [6, 6.07) is 8.87. The summed E-state index contributed by atoms with van der Waals surface area (Å²) in [5.74, 6) is 0. The van der Waals surface area contributed by atoms with Gasteiger partial charge in [0, 0.05) is 0 Å². The first-order valence-corrected chi connectivity index (χ1v) is 6.27. The molecule has 0 atom stereocenters. The first-order chi connectivity index (χ1) is 5.33. The fraction of sp³-hybridized carbons (Fsp3) is 0.400. The number of rotatable bonds is 3. The summed E-state index contributed by atoms with van der Waals surface area (Å²) in [7, 11) is 0.